The molecule has 0 saturated carbocycles. The second-order valence-corrected chi connectivity index (χ2v) is 7.23. The van der Waals surface area contributed by atoms with Crippen LogP contribution in [0.4, 0.5) is 5.69 Å². The first-order valence-electron chi connectivity index (χ1n) is 9.03. The van der Waals surface area contributed by atoms with E-state index in [0.717, 1.165) is 41.0 Å². The number of aromatic nitrogens is 1. The summed E-state index contributed by atoms with van der Waals surface area (Å²) in [6, 6.07) is 13.7. The molecule has 1 aliphatic rings. The Morgan fingerprint density at radius 1 is 1.07 bits per heavy atom. The summed E-state index contributed by atoms with van der Waals surface area (Å²) >= 11 is 6.07. The minimum Gasteiger partial charge on any atom is -0.497 e. The molecule has 0 bridgehead atoms. The van der Waals surface area contributed by atoms with Gasteiger partial charge in [0.15, 0.2) is 0 Å². The number of rotatable bonds is 3. The summed E-state index contributed by atoms with van der Waals surface area (Å²) in [5.74, 6) is 0.899. The van der Waals surface area contributed by atoms with Gasteiger partial charge in [0.05, 0.1) is 7.11 Å². The fraction of sp³-hybridized carbons (Fsp3) is 0.286. The van der Waals surface area contributed by atoms with E-state index in [1.807, 2.05) is 42.2 Å². The number of aryl methyl sites for hydroxylation is 1. The Labute approximate surface area is 163 Å². The monoisotopic (exact) mass is 383 g/mol. The molecule has 1 fully saturated rings. The number of benzene rings is 2. The average molecular weight is 384 g/mol. The molecule has 1 saturated heterocycles. The van der Waals surface area contributed by atoms with Gasteiger partial charge in [0.25, 0.3) is 5.91 Å². The van der Waals surface area contributed by atoms with E-state index in [-0.39, 0.29) is 5.91 Å². The van der Waals surface area contributed by atoms with E-state index in [2.05, 4.69) is 22.0 Å². The molecular formula is C21H22ClN3O2. The van der Waals surface area contributed by atoms with Crippen LogP contribution in [0.1, 0.15) is 16.1 Å². The molecule has 2 heterocycles. The molecule has 0 unspecified atom stereocenters. The SMILES string of the molecule is COc1ccc(N2CCN(C(=O)c3[nH]c4cc(Cl)ccc4c3C)CC2)cc1. The van der Waals surface area contributed by atoms with E-state index in [1.165, 1.54) is 0 Å². The number of nitrogens with one attached hydrogen (secondary N) is 1. The van der Waals surface area contributed by atoms with Gasteiger partial charge in [0.1, 0.15) is 11.4 Å². The molecular weight excluding hydrogens is 362 g/mol. The Morgan fingerprint density at radius 3 is 2.44 bits per heavy atom. The summed E-state index contributed by atoms with van der Waals surface area (Å²) in [5, 5.41) is 1.70. The summed E-state index contributed by atoms with van der Waals surface area (Å²) in [5.41, 5.74) is 3.69. The number of fused-ring (bicyclic) bond motifs is 1. The van der Waals surface area contributed by atoms with Crippen LogP contribution in [0, 0.1) is 6.92 Å². The Bertz CT molecular complexity index is 973. The van der Waals surface area contributed by atoms with Crippen LogP contribution < -0.4 is 9.64 Å². The minimum absolute atomic E-state index is 0.0502. The number of piperazine rings is 1. The standard InChI is InChI=1S/C21H22ClN3O2/c1-14-18-8-3-15(22)13-19(18)23-20(14)21(26)25-11-9-24(10-12-25)16-4-6-17(27-2)7-5-16/h3-8,13,23H,9-12H2,1-2H3. The van der Waals surface area contributed by atoms with E-state index in [4.69, 9.17) is 16.3 Å². The number of nitrogens with zero attached hydrogens (tertiary/aromatic N) is 2. The first kappa shape index (κ1) is 17.7. The van der Waals surface area contributed by atoms with Crippen molar-refractivity contribution in [2.75, 3.05) is 38.2 Å². The highest BCUT2D eigenvalue weighted by Gasteiger charge is 2.25. The molecule has 5 nitrogen and oxygen atoms in total. The lowest BCUT2D eigenvalue weighted by Gasteiger charge is -2.36. The number of carbonyl (C=O) groups is 1. The van der Waals surface area contributed by atoms with Gasteiger partial charge in [-0.1, -0.05) is 17.7 Å². The third kappa shape index (κ3) is 3.35. The summed E-state index contributed by atoms with van der Waals surface area (Å²) < 4.78 is 5.21. The molecule has 1 N–H and O–H groups in total. The van der Waals surface area contributed by atoms with Crippen molar-refractivity contribution in [1.29, 1.82) is 0 Å². The fourth-order valence-corrected chi connectivity index (χ4v) is 3.81. The highest BCUT2D eigenvalue weighted by molar-refractivity contribution is 6.31. The first-order valence-corrected chi connectivity index (χ1v) is 9.40. The van der Waals surface area contributed by atoms with Crippen LogP contribution in [0.15, 0.2) is 42.5 Å². The third-order valence-corrected chi connectivity index (χ3v) is 5.47. The lowest BCUT2D eigenvalue weighted by molar-refractivity contribution is 0.0741. The normalized spacial score (nSPS) is 14.6. The van der Waals surface area contributed by atoms with E-state index in [9.17, 15) is 4.79 Å². The Hall–Kier alpha value is -2.66. The van der Waals surface area contributed by atoms with Crippen molar-refractivity contribution in [1.82, 2.24) is 9.88 Å². The van der Waals surface area contributed by atoms with Gasteiger partial charge in [-0.15, -0.1) is 0 Å². The maximum atomic E-state index is 13.0. The topological polar surface area (TPSA) is 48.6 Å². The van der Waals surface area contributed by atoms with E-state index in [1.54, 1.807) is 7.11 Å². The van der Waals surface area contributed by atoms with Gasteiger partial charge in [-0.2, -0.15) is 0 Å². The number of anilines is 1. The van der Waals surface area contributed by atoms with Crippen LogP contribution in [-0.4, -0.2) is 49.1 Å². The average Bonchev–Trinajstić information content (AvgIpc) is 3.03. The maximum Gasteiger partial charge on any atom is 0.270 e. The molecule has 4 rings (SSSR count). The molecule has 0 aliphatic carbocycles. The van der Waals surface area contributed by atoms with Crippen molar-refractivity contribution in [3.63, 3.8) is 0 Å². The van der Waals surface area contributed by atoms with Crippen molar-refractivity contribution in [3.05, 3.63) is 58.7 Å². The summed E-state index contributed by atoms with van der Waals surface area (Å²) in [7, 11) is 1.67. The van der Waals surface area contributed by atoms with Crippen molar-refractivity contribution >= 4 is 34.1 Å². The zero-order valence-electron chi connectivity index (χ0n) is 15.5. The highest BCUT2D eigenvalue weighted by atomic mass is 35.5. The number of aromatic amines is 1. The summed E-state index contributed by atoms with van der Waals surface area (Å²) in [6.07, 6.45) is 0. The van der Waals surface area contributed by atoms with Gasteiger partial charge in [-0.3, -0.25) is 4.79 Å². The molecule has 2 aromatic carbocycles. The lowest BCUT2D eigenvalue weighted by Crippen LogP contribution is -2.49. The quantitative estimate of drug-likeness (QED) is 0.740. The number of halogens is 1. The van der Waals surface area contributed by atoms with Crippen LogP contribution in [0.25, 0.3) is 10.9 Å². The number of hydrogen-bond donors (Lipinski definition) is 1. The summed E-state index contributed by atoms with van der Waals surface area (Å²) in [6.45, 7) is 4.99. The van der Waals surface area contributed by atoms with Crippen LogP contribution >= 0.6 is 11.6 Å². The van der Waals surface area contributed by atoms with Crippen LogP contribution in [-0.2, 0) is 0 Å². The molecule has 3 aromatic rings. The van der Waals surface area contributed by atoms with Gasteiger partial charge in [-0.05, 0) is 48.9 Å². The number of hydrogen-bond acceptors (Lipinski definition) is 3. The molecule has 0 atom stereocenters. The minimum atomic E-state index is 0.0502. The number of amides is 1. The first-order chi connectivity index (χ1) is 13.1. The Balaban J connectivity index is 1.47. The molecule has 0 spiro atoms. The summed E-state index contributed by atoms with van der Waals surface area (Å²) in [4.78, 5) is 20.5. The molecule has 27 heavy (non-hydrogen) atoms. The number of methoxy groups -OCH3 is 1. The second-order valence-electron chi connectivity index (χ2n) is 6.79. The Kier molecular flexibility index (Phi) is 4.70. The van der Waals surface area contributed by atoms with Crippen LogP contribution in [0.3, 0.4) is 0 Å². The van der Waals surface area contributed by atoms with Gasteiger partial charge in [0.2, 0.25) is 0 Å². The number of ether oxygens (including phenoxy) is 1. The molecule has 1 aromatic heterocycles. The number of carbonyl (C=O) groups excluding carboxylic acids is 1. The predicted octanol–water partition coefficient (Wildman–Crippen LogP) is 4.10. The smallest absolute Gasteiger partial charge is 0.270 e. The van der Waals surface area contributed by atoms with Gasteiger partial charge < -0.3 is 19.5 Å². The zero-order valence-corrected chi connectivity index (χ0v) is 16.2. The maximum absolute atomic E-state index is 13.0. The molecule has 0 radical (unpaired) electrons. The molecule has 140 valence electrons. The van der Waals surface area contributed by atoms with Gasteiger partial charge >= 0.3 is 0 Å². The fourth-order valence-electron chi connectivity index (χ4n) is 3.64. The van der Waals surface area contributed by atoms with Crippen molar-refractivity contribution in [2.24, 2.45) is 0 Å². The van der Waals surface area contributed by atoms with Crippen LogP contribution in [0.2, 0.25) is 5.02 Å². The molecule has 1 amide bonds. The van der Waals surface area contributed by atoms with Gasteiger partial charge in [-0.25, -0.2) is 0 Å². The van der Waals surface area contributed by atoms with Crippen molar-refractivity contribution in [2.45, 2.75) is 6.92 Å². The largest absolute Gasteiger partial charge is 0.497 e. The zero-order chi connectivity index (χ0) is 19.0. The molecule has 1 aliphatic heterocycles. The van der Waals surface area contributed by atoms with E-state index in [0.29, 0.717) is 23.8 Å². The third-order valence-electron chi connectivity index (χ3n) is 5.24. The second kappa shape index (κ2) is 7.16. The van der Waals surface area contributed by atoms with E-state index < -0.39 is 0 Å². The Morgan fingerprint density at radius 2 is 1.78 bits per heavy atom. The lowest BCUT2D eigenvalue weighted by atomic mass is 10.1. The predicted molar refractivity (Wildman–Crippen MR) is 109 cm³/mol. The van der Waals surface area contributed by atoms with Crippen molar-refractivity contribution in [3.8, 4) is 5.75 Å². The van der Waals surface area contributed by atoms with Crippen LogP contribution in [0.5, 0.6) is 5.75 Å². The highest BCUT2D eigenvalue weighted by Crippen LogP contribution is 2.26. The van der Waals surface area contributed by atoms with Crippen molar-refractivity contribution < 1.29 is 9.53 Å². The molecule has 6 heteroatoms. The van der Waals surface area contributed by atoms with E-state index >= 15 is 0 Å². The number of H-pyrrole nitrogens is 1. The van der Waals surface area contributed by atoms with Gasteiger partial charge in [0, 0.05) is 47.8 Å².